The number of nitrogens with one attached hydrogen (secondary N) is 1. The van der Waals surface area contributed by atoms with E-state index in [1.54, 1.807) is 0 Å². The molecule has 1 N–H and O–H groups in total. The van der Waals surface area contributed by atoms with Crippen LogP contribution in [0.1, 0.15) is 18.4 Å². The van der Waals surface area contributed by atoms with E-state index < -0.39 is 0 Å². The molecule has 18 heavy (non-hydrogen) atoms. The monoisotopic (exact) mass is 267 g/mol. The SMILES string of the molecule is COC(=O)C1(Cc2ccc(Cl)cc2)CCNCC1. The zero-order chi connectivity index (χ0) is 13.0. The maximum absolute atomic E-state index is 12.1. The highest BCUT2D eigenvalue weighted by Crippen LogP contribution is 2.34. The normalized spacial score (nSPS) is 18.3. The molecule has 0 bridgehead atoms. The number of methoxy groups -OCH3 is 1. The Hall–Kier alpha value is -1.06. The molecule has 0 radical (unpaired) electrons. The number of esters is 1. The van der Waals surface area contributed by atoms with Crippen molar-refractivity contribution in [2.24, 2.45) is 5.41 Å². The Morgan fingerprint density at radius 3 is 2.50 bits per heavy atom. The van der Waals surface area contributed by atoms with Gasteiger partial charge in [-0.25, -0.2) is 0 Å². The van der Waals surface area contributed by atoms with Crippen LogP contribution < -0.4 is 5.32 Å². The van der Waals surface area contributed by atoms with Crippen molar-refractivity contribution < 1.29 is 9.53 Å². The van der Waals surface area contributed by atoms with Crippen LogP contribution in [0.15, 0.2) is 24.3 Å². The van der Waals surface area contributed by atoms with Gasteiger partial charge in [0.2, 0.25) is 0 Å². The average Bonchev–Trinajstić information content (AvgIpc) is 2.41. The van der Waals surface area contributed by atoms with Crippen molar-refractivity contribution in [1.29, 1.82) is 0 Å². The fourth-order valence-corrected chi connectivity index (χ4v) is 2.69. The number of rotatable bonds is 3. The summed E-state index contributed by atoms with van der Waals surface area (Å²) >= 11 is 5.88. The zero-order valence-electron chi connectivity index (χ0n) is 10.5. The first-order chi connectivity index (χ1) is 8.66. The molecule has 0 unspecified atom stereocenters. The molecule has 0 atom stereocenters. The Morgan fingerprint density at radius 1 is 1.33 bits per heavy atom. The van der Waals surface area contributed by atoms with Gasteiger partial charge in [-0.15, -0.1) is 0 Å². The lowest BCUT2D eigenvalue weighted by Gasteiger charge is -2.35. The van der Waals surface area contributed by atoms with Crippen molar-refractivity contribution in [2.75, 3.05) is 20.2 Å². The van der Waals surface area contributed by atoms with Crippen LogP contribution in [-0.2, 0) is 16.0 Å². The van der Waals surface area contributed by atoms with Crippen LogP contribution in [0, 0.1) is 5.41 Å². The summed E-state index contributed by atoms with van der Waals surface area (Å²) in [5, 5.41) is 4.00. The minimum absolute atomic E-state index is 0.0982. The van der Waals surface area contributed by atoms with Crippen LogP contribution in [-0.4, -0.2) is 26.2 Å². The Balaban J connectivity index is 2.19. The molecule has 2 rings (SSSR count). The van der Waals surface area contributed by atoms with E-state index in [0.717, 1.165) is 42.9 Å². The van der Waals surface area contributed by atoms with Crippen molar-refractivity contribution in [1.82, 2.24) is 5.32 Å². The number of benzene rings is 1. The highest BCUT2D eigenvalue weighted by molar-refractivity contribution is 6.30. The molecule has 0 saturated carbocycles. The van der Waals surface area contributed by atoms with Gasteiger partial charge < -0.3 is 10.1 Å². The van der Waals surface area contributed by atoms with Gasteiger partial charge in [-0.1, -0.05) is 23.7 Å². The van der Waals surface area contributed by atoms with Crippen molar-refractivity contribution >= 4 is 17.6 Å². The predicted octanol–water partition coefficient (Wildman–Crippen LogP) is 2.43. The lowest BCUT2D eigenvalue weighted by atomic mass is 9.74. The molecule has 4 heteroatoms. The van der Waals surface area contributed by atoms with E-state index >= 15 is 0 Å². The molecule has 0 aromatic heterocycles. The Kier molecular flexibility index (Phi) is 4.25. The van der Waals surface area contributed by atoms with Gasteiger partial charge in [-0.3, -0.25) is 4.79 Å². The average molecular weight is 268 g/mol. The molecular weight excluding hydrogens is 250 g/mol. The van der Waals surface area contributed by atoms with Gasteiger partial charge in [-0.05, 0) is 50.0 Å². The molecule has 98 valence electrons. The summed E-state index contributed by atoms with van der Waals surface area (Å²) in [4.78, 5) is 12.1. The number of halogens is 1. The molecule has 1 aromatic carbocycles. The van der Waals surface area contributed by atoms with Crippen LogP contribution in [0.5, 0.6) is 0 Å². The minimum Gasteiger partial charge on any atom is -0.469 e. The molecule has 1 heterocycles. The summed E-state index contributed by atoms with van der Waals surface area (Å²) in [6, 6.07) is 7.69. The Morgan fingerprint density at radius 2 is 1.94 bits per heavy atom. The quantitative estimate of drug-likeness (QED) is 0.855. The largest absolute Gasteiger partial charge is 0.469 e. The summed E-state index contributed by atoms with van der Waals surface area (Å²) in [5.41, 5.74) is 0.750. The number of ether oxygens (including phenoxy) is 1. The summed E-state index contributed by atoms with van der Waals surface area (Å²) in [7, 11) is 1.47. The molecule has 0 spiro atoms. The van der Waals surface area contributed by atoms with Crippen LogP contribution in [0.25, 0.3) is 0 Å². The van der Waals surface area contributed by atoms with Gasteiger partial charge in [0.05, 0.1) is 12.5 Å². The first kappa shape index (κ1) is 13.4. The van der Waals surface area contributed by atoms with Crippen molar-refractivity contribution in [3.05, 3.63) is 34.9 Å². The summed E-state index contributed by atoms with van der Waals surface area (Å²) in [5.74, 6) is -0.0982. The molecule has 1 fully saturated rings. The Bertz CT molecular complexity index is 410. The third kappa shape index (κ3) is 2.85. The number of hydrogen-bond donors (Lipinski definition) is 1. The molecular formula is C14H18ClNO2. The third-order valence-corrected chi connectivity index (χ3v) is 3.89. The van der Waals surface area contributed by atoms with Gasteiger partial charge in [0.25, 0.3) is 0 Å². The van der Waals surface area contributed by atoms with E-state index in [1.807, 2.05) is 24.3 Å². The molecule has 1 aliphatic heterocycles. The maximum Gasteiger partial charge on any atom is 0.312 e. The first-order valence-electron chi connectivity index (χ1n) is 6.20. The fraction of sp³-hybridized carbons (Fsp3) is 0.500. The second-order valence-electron chi connectivity index (χ2n) is 4.83. The molecule has 1 saturated heterocycles. The molecule has 1 aliphatic rings. The minimum atomic E-state index is -0.381. The summed E-state index contributed by atoms with van der Waals surface area (Å²) in [6.07, 6.45) is 2.36. The van der Waals surface area contributed by atoms with Gasteiger partial charge >= 0.3 is 5.97 Å². The van der Waals surface area contributed by atoms with E-state index in [4.69, 9.17) is 16.3 Å². The molecule has 0 aliphatic carbocycles. The fourth-order valence-electron chi connectivity index (χ4n) is 2.57. The summed E-state index contributed by atoms with van der Waals surface area (Å²) < 4.78 is 5.00. The van der Waals surface area contributed by atoms with E-state index in [1.165, 1.54) is 7.11 Å². The van der Waals surface area contributed by atoms with Crippen molar-refractivity contribution in [3.63, 3.8) is 0 Å². The van der Waals surface area contributed by atoms with E-state index in [0.29, 0.717) is 0 Å². The number of hydrogen-bond acceptors (Lipinski definition) is 3. The zero-order valence-corrected chi connectivity index (χ0v) is 11.3. The molecule has 3 nitrogen and oxygen atoms in total. The first-order valence-corrected chi connectivity index (χ1v) is 6.58. The lowest BCUT2D eigenvalue weighted by Crippen LogP contribution is -2.44. The Labute approximate surface area is 112 Å². The number of carbonyl (C=O) groups excluding carboxylic acids is 1. The van der Waals surface area contributed by atoms with Gasteiger partial charge in [0.15, 0.2) is 0 Å². The number of carbonyl (C=O) groups is 1. The van der Waals surface area contributed by atoms with Crippen LogP contribution in [0.4, 0.5) is 0 Å². The standard InChI is InChI=1S/C14H18ClNO2/c1-18-13(17)14(6-8-16-9-7-14)10-11-2-4-12(15)5-3-11/h2-5,16H,6-10H2,1H3. The van der Waals surface area contributed by atoms with E-state index in [2.05, 4.69) is 5.32 Å². The van der Waals surface area contributed by atoms with Gasteiger partial charge in [-0.2, -0.15) is 0 Å². The lowest BCUT2D eigenvalue weighted by molar-refractivity contribution is -0.154. The van der Waals surface area contributed by atoms with Crippen LogP contribution in [0.3, 0.4) is 0 Å². The van der Waals surface area contributed by atoms with Crippen molar-refractivity contribution in [3.8, 4) is 0 Å². The second kappa shape index (κ2) is 5.72. The van der Waals surface area contributed by atoms with Gasteiger partial charge in [0.1, 0.15) is 0 Å². The highest BCUT2D eigenvalue weighted by atomic mass is 35.5. The molecule has 0 amide bonds. The highest BCUT2D eigenvalue weighted by Gasteiger charge is 2.40. The van der Waals surface area contributed by atoms with Crippen LogP contribution in [0.2, 0.25) is 5.02 Å². The topological polar surface area (TPSA) is 38.3 Å². The summed E-state index contributed by atoms with van der Waals surface area (Å²) in [6.45, 7) is 1.73. The second-order valence-corrected chi connectivity index (χ2v) is 5.26. The maximum atomic E-state index is 12.1. The number of piperidine rings is 1. The van der Waals surface area contributed by atoms with Crippen molar-refractivity contribution in [2.45, 2.75) is 19.3 Å². The van der Waals surface area contributed by atoms with E-state index in [-0.39, 0.29) is 11.4 Å². The third-order valence-electron chi connectivity index (χ3n) is 3.63. The van der Waals surface area contributed by atoms with E-state index in [9.17, 15) is 4.79 Å². The van der Waals surface area contributed by atoms with Gasteiger partial charge in [0, 0.05) is 5.02 Å². The smallest absolute Gasteiger partial charge is 0.312 e. The molecule has 1 aromatic rings. The van der Waals surface area contributed by atoms with Crippen LogP contribution >= 0.6 is 11.6 Å². The predicted molar refractivity (Wildman–Crippen MR) is 71.7 cm³/mol.